The quantitative estimate of drug-likeness (QED) is 0.880. The minimum Gasteiger partial charge on any atom is -0.478 e. The molecule has 2 N–H and O–H groups in total. The first kappa shape index (κ1) is 15.0. The Bertz CT molecular complexity index is 658. The van der Waals surface area contributed by atoms with Crippen molar-refractivity contribution >= 4 is 17.5 Å². The standard InChI is InChI=1S/C17H20N2O2/c1-10(2)15-8-13(17(20)21)9-16(19-15)18-14-6-11(3)5-12(4)7-14/h5-10H,1-4H3,(H,18,19)(H,20,21). The molecule has 0 atom stereocenters. The molecule has 0 amide bonds. The summed E-state index contributed by atoms with van der Waals surface area (Å²) in [6.07, 6.45) is 0. The fraction of sp³-hybridized carbons (Fsp3) is 0.294. The first-order chi connectivity index (χ1) is 9.85. The van der Waals surface area contributed by atoms with Gasteiger partial charge in [0.1, 0.15) is 5.82 Å². The second-order valence-corrected chi connectivity index (χ2v) is 5.63. The van der Waals surface area contributed by atoms with E-state index in [0.29, 0.717) is 5.82 Å². The van der Waals surface area contributed by atoms with E-state index in [9.17, 15) is 9.90 Å². The molecule has 0 aliphatic heterocycles. The molecule has 0 saturated carbocycles. The molecular formula is C17H20N2O2. The van der Waals surface area contributed by atoms with E-state index in [4.69, 9.17) is 0 Å². The molecule has 0 fully saturated rings. The van der Waals surface area contributed by atoms with Crippen molar-refractivity contribution in [2.45, 2.75) is 33.6 Å². The van der Waals surface area contributed by atoms with E-state index >= 15 is 0 Å². The molecule has 4 nitrogen and oxygen atoms in total. The Morgan fingerprint density at radius 2 is 1.71 bits per heavy atom. The number of benzene rings is 1. The van der Waals surface area contributed by atoms with Crippen molar-refractivity contribution < 1.29 is 9.90 Å². The molecule has 1 aromatic carbocycles. The second-order valence-electron chi connectivity index (χ2n) is 5.63. The van der Waals surface area contributed by atoms with E-state index in [2.05, 4.69) is 16.4 Å². The first-order valence-electron chi connectivity index (χ1n) is 6.96. The topological polar surface area (TPSA) is 62.2 Å². The van der Waals surface area contributed by atoms with Gasteiger partial charge in [-0.05, 0) is 55.2 Å². The molecule has 21 heavy (non-hydrogen) atoms. The lowest BCUT2D eigenvalue weighted by atomic mass is 10.1. The molecular weight excluding hydrogens is 264 g/mol. The van der Waals surface area contributed by atoms with Crippen LogP contribution in [-0.2, 0) is 0 Å². The minimum absolute atomic E-state index is 0.170. The summed E-state index contributed by atoms with van der Waals surface area (Å²) in [5.74, 6) is -0.213. The normalized spacial score (nSPS) is 10.7. The number of hydrogen-bond donors (Lipinski definition) is 2. The molecule has 0 radical (unpaired) electrons. The van der Waals surface area contributed by atoms with Crippen LogP contribution in [0.3, 0.4) is 0 Å². The third kappa shape index (κ3) is 3.81. The molecule has 1 aromatic heterocycles. The van der Waals surface area contributed by atoms with E-state index < -0.39 is 5.97 Å². The van der Waals surface area contributed by atoms with Gasteiger partial charge < -0.3 is 10.4 Å². The summed E-state index contributed by atoms with van der Waals surface area (Å²) in [6, 6.07) is 9.30. The van der Waals surface area contributed by atoms with Gasteiger partial charge in [-0.3, -0.25) is 0 Å². The van der Waals surface area contributed by atoms with Gasteiger partial charge >= 0.3 is 5.97 Å². The summed E-state index contributed by atoms with van der Waals surface area (Å²) >= 11 is 0. The van der Waals surface area contributed by atoms with Gasteiger partial charge in [0, 0.05) is 11.4 Å². The third-order valence-corrected chi connectivity index (χ3v) is 3.18. The average Bonchev–Trinajstić information content (AvgIpc) is 2.36. The van der Waals surface area contributed by atoms with E-state index in [1.54, 1.807) is 12.1 Å². The zero-order valence-electron chi connectivity index (χ0n) is 12.8. The van der Waals surface area contributed by atoms with Gasteiger partial charge in [0.15, 0.2) is 0 Å². The highest BCUT2D eigenvalue weighted by atomic mass is 16.4. The summed E-state index contributed by atoms with van der Waals surface area (Å²) in [6.45, 7) is 8.04. The maximum atomic E-state index is 11.2. The Balaban J connectivity index is 2.40. The molecule has 0 spiro atoms. The maximum absolute atomic E-state index is 11.2. The Hall–Kier alpha value is -2.36. The average molecular weight is 284 g/mol. The summed E-state index contributed by atoms with van der Waals surface area (Å²) in [7, 11) is 0. The van der Waals surface area contributed by atoms with Crippen LogP contribution in [-0.4, -0.2) is 16.1 Å². The van der Waals surface area contributed by atoms with Crippen LogP contribution >= 0.6 is 0 Å². The van der Waals surface area contributed by atoms with E-state index in [1.807, 2.05) is 39.8 Å². The minimum atomic E-state index is -0.942. The highest BCUT2D eigenvalue weighted by Gasteiger charge is 2.11. The van der Waals surface area contributed by atoms with Crippen molar-refractivity contribution in [3.8, 4) is 0 Å². The number of aryl methyl sites for hydroxylation is 2. The lowest BCUT2D eigenvalue weighted by Gasteiger charge is -2.12. The number of nitrogens with zero attached hydrogens (tertiary/aromatic N) is 1. The van der Waals surface area contributed by atoms with Gasteiger partial charge in [0.05, 0.1) is 5.56 Å². The van der Waals surface area contributed by atoms with E-state index in [-0.39, 0.29) is 11.5 Å². The molecule has 0 unspecified atom stereocenters. The van der Waals surface area contributed by atoms with Crippen molar-refractivity contribution in [2.24, 2.45) is 0 Å². The number of pyridine rings is 1. The van der Waals surface area contributed by atoms with Gasteiger partial charge in [0.2, 0.25) is 0 Å². The van der Waals surface area contributed by atoms with Crippen molar-refractivity contribution in [1.29, 1.82) is 0 Å². The number of nitrogens with one attached hydrogen (secondary N) is 1. The lowest BCUT2D eigenvalue weighted by Crippen LogP contribution is -2.05. The van der Waals surface area contributed by atoms with Crippen LogP contribution < -0.4 is 5.32 Å². The van der Waals surface area contributed by atoms with Crippen molar-refractivity contribution in [3.05, 3.63) is 52.7 Å². The molecule has 0 aliphatic carbocycles. The zero-order chi connectivity index (χ0) is 15.6. The Labute approximate surface area is 124 Å². The second kappa shape index (κ2) is 5.95. The number of anilines is 2. The molecule has 2 rings (SSSR count). The lowest BCUT2D eigenvalue weighted by molar-refractivity contribution is 0.0696. The summed E-state index contributed by atoms with van der Waals surface area (Å²) in [5.41, 5.74) is 4.23. The fourth-order valence-corrected chi connectivity index (χ4v) is 2.23. The molecule has 0 saturated heterocycles. The van der Waals surface area contributed by atoms with E-state index in [0.717, 1.165) is 22.5 Å². The van der Waals surface area contributed by atoms with Gasteiger partial charge in [0.25, 0.3) is 0 Å². The summed E-state index contributed by atoms with van der Waals surface area (Å²) < 4.78 is 0. The number of carboxylic acid groups (broad SMARTS) is 1. The van der Waals surface area contributed by atoms with Crippen LogP contribution in [0.1, 0.15) is 46.9 Å². The van der Waals surface area contributed by atoms with Crippen LogP contribution in [0.25, 0.3) is 0 Å². The monoisotopic (exact) mass is 284 g/mol. The Morgan fingerprint density at radius 1 is 1.10 bits per heavy atom. The number of hydrogen-bond acceptors (Lipinski definition) is 3. The van der Waals surface area contributed by atoms with Crippen molar-refractivity contribution in [2.75, 3.05) is 5.32 Å². The highest BCUT2D eigenvalue weighted by Crippen LogP contribution is 2.22. The summed E-state index contributed by atoms with van der Waals surface area (Å²) in [5, 5.41) is 12.4. The first-order valence-corrected chi connectivity index (χ1v) is 6.96. The van der Waals surface area contributed by atoms with Crippen LogP contribution in [0.15, 0.2) is 30.3 Å². The molecule has 1 heterocycles. The maximum Gasteiger partial charge on any atom is 0.335 e. The SMILES string of the molecule is Cc1cc(C)cc(Nc2cc(C(=O)O)cc(C(C)C)n2)c1. The van der Waals surface area contributed by atoms with Crippen molar-refractivity contribution in [3.63, 3.8) is 0 Å². The van der Waals surface area contributed by atoms with Gasteiger partial charge in [-0.25, -0.2) is 9.78 Å². The van der Waals surface area contributed by atoms with Crippen LogP contribution in [0.2, 0.25) is 0 Å². The van der Waals surface area contributed by atoms with Gasteiger partial charge in [-0.1, -0.05) is 19.9 Å². The predicted octanol–water partition coefficient (Wildman–Crippen LogP) is 4.26. The van der Waals surface area contributed by atoms with Crippen LogP contribution in [0.5, 0.6) is 0 Å². The van der Waals surface area contributed by atoms with Gasteiger partial charge in [-0.2, -0.15) is 0 Å². The number of carboxylic acids is 1. The number of carbonyl (C=O) groups is 1. The fourth-order valence-electron chi connectivity index (χ4n) is 2.23. The van der Waals surface area contributed by atoms with Crippen LogP contribution in [0, 0.1) is 13.8 Å². The third-order valence-electron chi connectivity index (χ3n) is 3.18. The van der Waals surface area contributed by atoms with E-state index in [1.165, 1.54) is 0 Å². The molecule has 2 aromatic rings. The number of aromatic carboxylic acids is 1. The molecule has 0 aliphatic rings. The molecule has 0 bridgehead atoms. The highest BCUT2D eigenvalue weighted by molar-refractivity contribution is 5.89. The molecule has 4 heteroatoms. The molecule has 110 valence electrons. The smallest absolute Gasteiger partial charge is 0.335 e. The predicted molar refractivity (Wildman–Crippen MR) is 84.5 cm³/mol. The van der Waals surface area contributed by atoms with Crippen molar-refractivity contribution in [1.82, 2.24) is 4.98 Å². The Morgan fingerprint density at radius 3 is 2.24 bits per heavy atom. The van der Waals surface area contributed by atoms with Crippen LogP contribution in [0.4, 0.5) is 11.5 Å². The Kier molecular flexibility index (Phi) is 4.26. The van der Waals surface area contributed by atoms with Gasteiger partial charge in [-0.15, -0.1) is 0 Å². The summed E-state index contributed by atoms with van der Waals surface area (Å²) in [4.78, 5) is 15.7. The number of rotatable bonds is 4. The largest absolute Gasteiger partial charge is 0.478 e. The number of aromatic nitrogens is 1. The zero-order valence-corrected chi connectivity index (χ0v) is 12.8.